The summed E-state index contributed by atoms with van der Waals surface area (Å²) in [5.41, 5.74) is 5.86. The highest BCUT2D eigenvalue weighted by molar-refractivity contribution is 5.87. The second-order valence-corrected chi connectivity index (χ2v) is 10.2. The summed E-state index contributed by atoms with van der Waals surface area (Å²) < 4.78 is 14.0. The number of aliphatic carboxylic acids is 1. The third-order valence-corrected chi connectivity index (χ3v) is 7.49. The zero-order valence-corrected chi connectivity index (χ0v) is 22.2. The normalized spacial score (nSPS) is 14.6. The maximum Gasteiger partial charge on any atom is 0.306 e. The lowest BCUT2D eigenvalue weighted by Crippen LogP contribution is -2.18. The van der Waals surface area contributed by atoms with Crippen LogP contribution in [0.1, 0.15) is 37.3 Å². The number of hydrogen-bond acceptors (Lipinski definition) is 4. The van der Waals surface area contributed by atoms with Crippen molar-refractivity contribution >= 4 is 16.9 Å². The minimum atomic E-state index is -0.796. The Balaban J connectivity index is 1.38. The van der Waals surface area contributed by atoms with Crippen molar-refractivity contribution in [1.82, 2.24) is 9.47 Å². The van der Waals surface area contributed by atoms with E-state index in [9.17, 15) is 4.79 Å². The van der Waals surface area contributed by atoms with E-state index in [1.165, 1.54) is 34.9 Å². The van der Waals surface area contributed by atoms with Crippen LogP contribution in [-0.2, 0) is 17.9 Å². The number of hydrogen-bond donors (Lipinski definition) is 1. The molecule has 6 heteroatoms. The first-order valence-corrected chi connectivity index (χ1v) is 13.4. The molecule has 0 amide bonds. The topological polar surface area (TPSA) is 63.9 Å². The number of rotatable bonds is 11. The molecule has 0 bridgehead atoms. The quantitative estimate of drug-likeness (QED) is 0.250. The van der Waals surface area contributed by atoms with Crippen molar-refractivity contribution in [2.75, 3.05) is 26.8 Å². The zero-order valence-electron chi connectivity index (χ0n) is 22.2. The van der Waals surface area contributed by atoms with Crippen LogP contribution in [0.15, 0.2) is 72.8 Å². The second kappa shape index (κ2) is 11.7. The molecule has 1 atom stereocenters. The Morgan fingerprint density at radius 2 is 1.74 bits per heavy atom. The highest BCUT2D eigenvalue weighted by Gasteiger charge is 2.16. The van der Waals surface area contributed by atoms with Gasteiger partial charge in [-0.25, -0.2) is 0 Å². The first-order chi connectivity index (χ1) is 18.5. The van der Waals surface area contributed by atoms with Gasteiger partial charge in [0.1, 0.15) is 11.5 Å². The molecule has 4 aromatic rings. The smallest absolute Gasteiger partial charge is 0.306 e. The fourth-order valence-corrected chi connectivity index (χ4v) is 5.20. The summed E-state index contributed by atoms with van der Waals surface area (Å²) in [7, 11) is 1.76. The molecule has 5 rings (SSSR count). The maximum absolute atomic E-state index is 11.0. The molecule has 6 nitrogen and oxygen atoms in total. The third-order valence-electron chi connectivity index (χ3n) is 7.49. The highest BCUT2D eigenvalue weighted by Crippen LogP contribution is 2.32. The molecule has 1 saturated heterocycles. The highest BCUT2D eigenvalue weighted by atomic mass is 16.5. The van der Waals surface area contributed by atoms with Crippen molar-refractivity contribution < 1.29 is 19.4 Å². The number of methoxy groups -OCH3 is 1. The van der Waals surface area contributed by atoms with E-state index in [0.717, 1.165) is 48.9 Å². The molecular weight excluding hydrogens is 476 g/mol. The molecule has 38 heavy (non-hydrogen) atoms. The van der Waals surface area contributed by atoms with E-state index < -0.39 is 11.9 Å². The van der Waals surface area contributed by atoms with Gasteiger partial charge >= 0.3 is 5.97 Å². The predicted molar refractivity (Wildman–Crippen MR) is 151 cm³/mol. The number of ether oxygens (including phenoxy) is 2. The molecule has 3 aromatic carbocycles. The summed E-state index contributed by atoms with van der Waals surface area (Å²) in [4.78, 5) is 13.5. The van der Waals surface area contributed by atoms with E-state index in [2.05, 4.69) is 70.1 Å². The van der Waals surface area contributed by atoms with Gasteiger partial charge in [0.05, 0.1) is 19.6 Å². The van der Waals surface area contributed by atoms with E-state index in [4.69, 9.17) is 14.6 Å². The largest absolute Gasteiger partial charge is 0.496 e. The van der Waals surface area contributed by atoms with Crippen molar-refractivity contribution in [3.63, 3.8) is 0 Å². The van der Waals surface area contributed by atoms with Gasteiger partial charge in [-0.15, -0.1) is 0 Å². The Labute approximate surface area is 224 Å². The van der Waals surface area contributed by atoms with Gasteiger partial charge in [-0.05, 0) is 85.9 Å². The fraction of sp³-hybridized carbons (Fsp3) is 0.344. The first kappa shape index (κ1) is 25.9. The van der Waals surface area contributed by atoms with Crippen LogP contribution in [0.2, 0.25) is 0 Å². The lowest BCUT2D eigenvalue weighted by atomic mass is 10.1. The van der Waals surface area contributed by atoms with Crippen molar-refractivity contribution in [2.24, 2.45) is 5.92 Å². The Hall–Kier alpha value is -3.77. The van der Waals surface area contributed by atoms with Gasteiger partial charge in [0.2, 0.25) is 0 Å². The minimum Gasteiger partial charge on any atom is -0.496 e. The average molecular weight is 513 g/mol. The lowest BCUT2D eigenvalue weighted by Gasteiger charge is -2.18. The molecular formula is C32H36N2O4. The molecule has 0 spiro atoms. The molecule has 1 N–H and O–H groups in total. The number of benzene rings is 3. The van der Waals surface area contributed by atoms with Crippen LogP contribution in [0.5, 0.6) is 11.5 Å². The molecule has 1 fully saturated rings. The van der Waals surface area contributed by atoms with E-state index >= 15 is 0 Å². The lowest BCUT2D eigenvalue weighted by molar-refractivity contribution is -0.141. The number of aromatic nitrogens is 1. The summed E-state index contributed by atoms with van der Waals surface area (Å²) in [6, 6.07) is 25.4. The van der Waals surface area contributed by atoms with Gasteiger partial charge in [-0.3, -0.25) is 9.69 Å². The third kappa shape index (κ3) is 5.86. The van der Waals surface area contributed by atoms with E-state index in [1.807, 2.05) is 12.1 Å². The molecule has 2 heterocycles. The van der Waals surface area contributed by atoms with Gasteiger partial charge in [0.25, 0.3) is 0 Å². The first-order valence-electron chi connectivity index (χ1n) is 13.4. The number of carboxylic acids is 1. The van der Waals surface area contributed by atoms with Crippen LogP contribution in [0, 0.1) is 5.92 Å². The summed E-state index contributed by atoms with van der Waals surface area (Å²) in [6.07, 6.45) is 3.04. The second-order valence-electron chi connectivity index (χ2n) is 10.2. The van der Waals surface area contributed by atoms with Crippen LogP contribution in [0.3, 0.4) is 0 Å². The Morgan fingerprint density at radius 3 is 2.47 bits per heavy atom. The van der Waals surface area contributed by atoms with Gasteiger partial charge < -0.3 is 19.1 Å². The van der Waals surface area contributed by atoms with Gasteiger partial charge in [0, 0.05) is 35.2 Å². The zero-order chi connectivity index (χ0) is 26.5. The standard InChI is InChI=1S/C32H36N2O4/c1-23(32(35)36)15-18-38-28-13-11-25(12-14-28)30-20-26-7-3-4-8-29(26)34(30)21-24-9-10-27(31(19-24)37-2)22-33-16-5-6-17-33/h3-4,7-14,19-20,23H,5-6,15-18,21-22H2,1-2H3,(H,35,36). The van der Waals surface area contributed by atoms with Gasteiger partial charge in [0.15, 0.2) is 0 Å². The van der Waals surface area contributed by atoms with Crippen molar-refractivity contribution in [3.05, 3.63) is 83.9 Å². The van der Waals surface area contributed by atoms with Crippen LogP contribution >= 0.6 is 0 Å². The molecule has 1 aliphatic rings. The maximum atomic E-state index is 11.0. The summed E-state index contributed by atoms with van der Waals surface area (Å²) in [5.74, 6) is 0.479. The van der Waals surface area contributed by atoms with Gasteiger partial charge in [-0.1, -0.05) is 37.3 Å². The number of fused-ring (bicyclic) bond motifs is 1. The molecule has 0 aliphatic carbocycles. The van der Waals surface area contributed by atoms with Gasteiger partial charge in [-0.2, -0.15) is 0 Å². The predicted octanol–water partition coefficient (Wildman–Crippen LogP) is 6.45. The van der Waals surface area contributed by atoms with Crippen LogP contribution in [0.4, 0.5) is 0 Å². The molecule has 198 valence electrons. The molecule has 1 aromatic heterocycles. The van der Waals surface area contributed by atoms with Crippen LogP contribution in [-0.4, -0.2) is 47.3 Å². The van der Waals surface area contributed by atoms with Crippen molar-refractivity contribution in [3.8, 4) is 22.8 Å². The fourth-order valence-electron chi connectivity index (χ4n) is 5.20. The Morgan fingerprint density at radius 1 is 0.974 bits per heavy atom. The molecule has 1 unspecified atom stereocenters. The summed E-state index contributed by atoms with van der Waals surface area (Å²) in [5, 5.41) is 10.3. The summed E-state index contributed by atoms with van der Waals surface area (Å²) >= 11 is 0. The minimum absolute atomic E-state index is 0.378. The number of carboxylic acid groups (broad SMARTS) is 1. The summed E-state index contributed by atoms with van der Waals surface area (Å²) in [6.45, 7) is 6.07. The van der Waals surface area contributed by atoms with E-state index in [0.29, 0.717) is 13.0 Å². The van der Waals surface area contributed by atoms with Crippen LogP contribution in [0.25, 0.3) is 22.2 Å². The number of nitrogens with zero attached hydrogens (tertiary/aromatic N) is 2. The monoisotopic (exact) mass is 512 g/mol. The Bertz CT molecular complexity index is 1390. The molecule has 0 saturated carbocycles. The average Bonchev–Trinajstić information content (AvgIpc) is 3.58. The molecule has 0 radical (unpaired) electrons. The number of carbonyl (C=O) groups is 1. The van der Waals surface area contributed by atoms with Crippen molar-refractivity contribution in [2.45, 2.75) is 39.3 Å². The van der Waals surface area contributed by atoms with Crippen LogP contribution < -0.4 is 9.47 Å². The van der Waals surface area contributed by atoms with E-state index in [1.54, 1.807) is 14.0 Å². The number of para-hydroxylation sites is 1. The van der Waals surface area contributed by atoms with Crippen molar-refractivity contribution in [1.29, 1.82) is 0 Å². The Kier molecular flexibility index (Phi) is 7.99. The molecule has 1 aliphatic heterocycles. The number of likely N-dealkylation sites (tertiary alicyclic amines) is 1. The van der Waals surface area contributed by atoms with E-state index in [-0.39, 0.29) is 0 Å². The SMILES string of the molecule is COc1cc(Cn2c(-c3ccc(OCCC(C)C(=O)O)cc3)cc3ccccc32)ccc1CN1CCCC1.